The van der Waals surface area contributed by atoms with Crippen LogP contribution in [0.2, 0.25) is 0 Å². The van der Waals surface area contributed by atoms with E-state index in [0.717, 1.165) is 30.9 Å². The minimum Gasteiger partial charge on any atom is -0.490 e. The van der Waals surface area contributed by atoms with Gasteiger partial charge < -0.3 is 4.74 Å². The topological polar surface area (TPSA) is 98.5 Å². The lowest BCUT2D eigenvalue weighted by Crippen LogP contribution is -2.13. The number of nitro benzene ring substituents is 1. The Morgan fingerprint density at radius 1 is 1.07 bits per heavy atom. The summed E-state index contributed by atoms with van der Waals surface area (Å²) in [5.74, 6) is 0.0652. The van der Waals surface area contributed by atoms with Crippen LogP contribution < -0.4 is 9.46 Å². The normalized spacial score (nSPS) is 11.2. The second kappa shape index (κ2) is 9.36. The lowest BCUT2D eigenvalue weighted by molar-refractivity contribution is -0.385. The molecule has 1 N–H and O–H groups in total. The van der Waals surface area contributed by atoms with Gasteiger partial charge in [-0.15, -0.1) is 0 Å². The molecule has 2 aromatic rings. The average molecular weight is 392 g/mol. The molecule has 0 aromatic heterocycles. The van der Waals surface area contributed by atoms with Gasteiger partial charge in [0, 0.05) is 6.07 Å². The maximum atomic E-state index is 12.5. The lowest BCUT2D eigenvalue weighted by Gasteiger charge is -2.10. The predicted molar refractivity (Wildman–Crippen MR) is 105 cm³/mol. The Morgan fingerprint density at radius 3 is 2.37 bits per heavy atom. The Kier molecular flexibility index (Phi) is 7.18. The van der Waals surface area contributed by atoms with E-state index in [1.54, 1.807) is 24.3 Å². The average Bonchev–Trinajstić information content (AvgIpc) is 2.65. The van der Waals surface area contributed by atoms with E-state index in [0.29, 0.717) is 0 Å². The second-order valence-electron chi connectivity index (χ2n) is 6.20. The van der Waals surface area contributed by atoms with E-state index in [1.165, 1.54) is 32.1 Å². The molecule has 0 fully saturated rings. The zero-order valence-corrected chi connectivity index (χ0v) is 16.3. The Labute approximate surface area is 159 Å². The number of sulfonamides is 1. The van der Waals surface area contributed by atoms with E-state index in [4.69, 9.17) is 4.74 Å². The Morgan fingerprint density at radius 2 is 1.78 bits per heavy atom. The number of nitrogens with one attached hydrogen (secondary N) is 1. The first kappa shape index (κ1) is 20.7. The molecule has 8 heteroatoms. The molecular weight excluding hydrogens is 368 g/mol. The van der Waals surface area contributed by atoms with Crippen LogP contribution in [0.1, 0.15) is 38.2 Å². The number of methoxy groups -OCH3 is 1. The molecule has 0 spiro atoms. The highest BCUT2D eigenvalue weighted by Gasteiger charge is 2.19. The third kappa shape index (κ3) is 5.68. The number of unbranched alkanes of at least 4 members (excludes halogenated alkanes) is 3. The summed E-state index contributed by atoms with van der Waals surface area (Å²) < 4.78 is 32.4. The predicted octanol–water partition coefficient (Wildman–Crippen LogP) is 4.53. The van der Waals surface area contributed by atoms with E-state index >= 15 is 0 Å². The fourth-order valence-corrected chi connectivity index (χ4v) is 3.75. The van der Waals surface area contributed by atoms with E-state index in [-0.39, 0.29) is 22.0 Å². The van der Waals surface area contributed by atoms with Gasteiger partial charge in [0.25, 0.3) is 10.0 Å². The quantitative estimate of drug-likeness (QED) is 0.364. The number of hydrogen-bond donors (Lipinski definition) is 1. The summed E-state index contributed by atoms with van der Waals surface area (Å²) in [5, 5.41) is 11.1. The van der Waals surface area contributed by atoms with E-state index in [9.17, 15) is 18.5 Å². The minimum absolute atomic E-state index is 0.0652. The van der Waals surface area contributed by atoms with E-state index in [1.807, 2.05) is 0 Å². The molecule has 0 unspecified atom stereocenters. The van der Waals surface area contributed by atoms with Crippen molar-refractivity contribution in [1.29, 1.82) is 0 Å². The fraction of sp³-hybridized carbons (Fsp3) is 0.368. The van der Waals surface area contributed by atoms with Gasteiger partial charge in [-0.1, -0.05) is 38.3 Å². The number of benzene rings is 2. The molecule has 27 heavy (non-hydrogen) atoms. The molecule has 0 bridgehead atoms. The maximum Gasteiger partial charge on any atom is 0.312 e. The van der Waals surface area contributed by atoms with Gasteiger partial charge in [-0.25, -0.2) is 8.42 Å². The molecule has 7 nitrogen and oxygen atoms in total. The van der Waals surface area contributed by atoms with Gasteiger partial charge in [0.05, 0.1) is 22.6 Å². The summed E-state index contributed by atoms with van der Waals surface area (Å²) in [6.07, 6.45) is 5.53. The number of ether oxygens (including phenoxy) is 1. The highest BCUT2D eigenvalue weighted by Crippen LogP contribution is 2.30. The molecule has 0 aliphatic heterocycles. The van der Waals surface area contributed by atoms with E-state index < -0.39 is 14.9 Å². The van der Waals surface area contributed by atoms with Crippen LogP contribution in [0.15, 0.2) is 47.4 Å². The van der Waals surface area contributed by atoms with Crippen molar-refractivity contribution in [2.45, 2.75) is 43.9 Å². The molecule has 0 saturated heterocycles. The molecule has 0 radical (unpaired) electrons. The molecule has 0 amide bonds. The standard InChI is InChI=1S/C19H24N2O5S/c1-3-4-5-6-7-15-8-11-17(12-9-15)27(24,25)20-16-10-13-19(26-2)18(14-16)21(22)23/h8-14,20H,3-7H2,1-2H3. The van der Waals surface area contributed by atoms with Gasteiger partial charge in [-0.05, 0) is 42.7 Å². The Bertz CT molecular complexity index is 879. The van der Waals surface area contributed by atoms with Gasteiger partial charge in [0.15, 0.2) is 5.75 Å². The molecular formula is C19H24N2O5S. The Balaban J connectivity index is 2.12. The molecule has 2 aromatic carbocycles. The van der Waals surface area contributed by atoms with Crippen LogP contribution in [-0.2, 0) is 16.4 Å². The highest BCUT2D eigenvalue weighted by atomic mass is 32.2. The fourth-order valence-electron chi connectivity index (χ4n) is 2.70. The van der Waals surface area contributed by atoms with Gasteiger partial charge in [0.2, 0.25) is 0 Å². The first-order valence-electron chi connectivity index (χ1n) is 8.81. The first-order valence-corrected chi connectivity index (χ1v) is 10.3. The van der Waals surface area contributed by atoms with Crippen molar-refractivity contribution in [2.75, 3.05) is 11.8 Å². The summed E-state index contributed by atoms with van der Waals surface area (Å²) in [4.78, 5) is 10.6. The summed E-state index contributed by atoms with van der Waals surface area (Å²) >= 11 is 0. The van der Waals surface area contributed by atoms with Gasteiger partial charge in [0.1, 0.15) is 0 Å². The Hall–Kier alpha value is -2.61. The monoisotopic (exact) mass is 392 g/mol. The van der Waals surface area contributed by atoms with Gasteiger partial charge in [-0.2, -0.15) is 0 Å². The number of hydrogen-bond acceptors (Lipinski definition) is 5. The van der Waals surface area contributed by atoms with Crippen molar-refractivity contribution in [3.63, 3.8) is 0 Å². The second-order valence-corrected chi connectivity index (χ2v) is 7.89. The van der Waals surface area contributed by atoms with Crippen LogP contribution in [0, 0.1) is 10.1 Å². The van der Waals surface area contributed by atoms with E-state index in [2.05, 4.69) is 11.6 Å². The third-order valence-electron chi connectivity index (χ3n) is 4.18. The number of nitrogens with zero attached hydrogens (tertiary/aromatic N) is 1. The van der Waals surface area contributed by atoms with Crippen LogP contribution in [-0.4, -0.2) is 20.5 Å². The zero-order valence-electron chi connectivity index (χ0n) is 15.5. The molecule has 146 valence electrons. The summed E-state index contributed by atoms with van der Waals surface area (Å²) in [5.41, 5.74) is 0.886. The van der Waals surface area contributed by atoms with Gasteiger partial charge in [-0.3, -0.25) is 14.8 Å². The number of anilines is 1. The third-order valence-corrected chi connectivity index (χ3v) is 5.58. The van der Waals surface area contributed by atoms with Crippen LogP contribution >= 0.6 is 0 Å². The molecule has 0 saturated carbocycles. The summed E-state index contributed by atoms with van der Waals surface area (Å²) in [6, 6.07) is 10.6. The van der Waals surface area contributed by atoms with Crippen molar-refractivity contribution in [3.8, 4) is 5.75 Å². The van der Waals surface area contributed by atoms with Crippen molar-refractivity contribution in [3.05, 3.63) is 58.1 Å². The largest absolute Gasteiger partial charge is 0.490 e. The molecule has 2 rings (SSSR count). The van der Waals surface area contributed by atoms with Gasteiger partial charge >= 0.3 is 5.69 Å². The minimum atomic E-state index is -3.83. The van der Waals surface area contributed by atoms with Crippen molar-refractivity contribution in [2.24, 2.45) is 0 Å². The molecule has 0 aliphatic carbocycles. The first-order chi connectivity index (χ1) is 12.9. The molecule has 0 atom stereocenters. The van der Waals surface area contributed by atoms with Crippen molar-refractivity contribution >= 4 is 21.4 Å². The smallest absolute Gasteiger partial charge is 0.312 e. The van der Waals surface area contributed by atoms with Crippen LogP contribution in [0.5, 0.6) is 5.75 Å². The highest BCUT2D eigenvalue weighted by molar-refractivity contribution is 7.92. The number of rotatable bonds is 10. The summed E-state index contributed by atoms with van der Waals surface area (Å²) in [7, 11) is -2.52. The summed E-state index contributed by atoms with van der Waals surface area (Å²) in [6.45, 7) is 2.16. The molecule has 0 aliphatic rings. The molecule has 0 heterocycles. The van der Waals surface area contributed by atoms with Crippen molar-refractivity contribution in [1.82, 2.24) is 0 Å². The van der Waals surface area contributed by atoms with Crippen LogP contribution in [0.4, 0.5) is 11.4 Å². The SMILES string of the molecule is CCCCCCc1ccc(S(=O)(=O)Nc2ccc(OC)c([N+](=O)[O-])c2)cc1. The van der Waals surface area contributed by atoms with Crippen LogP contribution in [0.25, 0.3) is 0 Å². The lowest BCUT2D eigenvalue weighted by atomic mass is 10.1. The van der Waals surface area contributed by atoms with Crippen LogP contribution in [0.3, 0.4) is 0 Å². The maximum absolute atomic E-state index is 12.5. The number of aryl methyl sites for hydroxylation is 1. The zero-order chi connectivity index (χ0) is 19.9. The number of nitro groups is 1. The van der Waals surface area contributed by atoms with Crippen molar-refractivity contribution < 1.29 is 18.1 Å².